The van der Waals surface area contributed by atoms with Crippen LogP contribution in [0.4, 0.5) is 13.2 Å². The van der Waals surface area contributed by atoms with Crippen molar-refractivity contribution in [3.63, 3.8) is 0 Å². The van der Waals surface area contributed by atoms with Gasteiger partial charge in [-0.25, -0.2) is 0 Å². The van der Waals surface area contributed by atoms with Crippen molar-refractivity contribution in [1.82, 2.24) is 0 Å². The molecular weight excluding hydrogens is 487 g/mol. The van der Waals surface area contributed by atoms with Gasteiger partial charge in [-0.1, -0.05) is 22.0 Å². The number of hydrogen-bond acceptors (Lipinski definition) is 2. The Balaban J connectivity index is 2.52. The van der Waals surface area contributed by atoms with E-state index in [4.69, 9.17) is 5.73 Å². The number of rotatable bonds is 2. The summed E-state index contributed by atoms with van der Waals surface area (Å²) >= 11 is 11.0. The van der Waals surface area contributed by atoms with Crippen molar-refractivity contribution < 1.29 is 13.2 Å². The van der Waals surface area contributed by atoms with Crippen LogP contribution >= 0.6 is 59.1 Å². The van der Waals surface area contributed by atoms with Crippen LogP contribution in [0.3, 0.4) is 0 Å². The van der Waals surface area contributed by atoms with E-state index in [0.717, 1.165) is 14.3 Å². The Labute approximate surface area is 142 Å². The van der Waals surface area contributed by atoms with Gasteiger partial charge in [0.15, 0.2) is 0 Å². The lowest BCUT2D eigenvalue weighted by Gasteiger charge is -2.17. The molecule has 2 N–H and O–H groups in total. The normalized spacial score (nSPS) is 13.6. The van der Waals surface area contributed by atoms with Crippen LogP contribution in [0.5, 0.6) is 0 Å². The van der Waals surface area contributed by atoms with Crippen molar-refractivity contribution in [2.24, 2.45) is 5.73 Å². The van der Waals surface area contributed by atoms with Gasteiger partial charge in [0.25, 0.3) is 0 Å². The van der Waals surface area contributed by atoms with Gasteiger partial charge in [0, 0.05) is 13.8 Å². The molecule has 1 atom stereocenters. The third kappa shape index (κ3) is 3.47. The van der Waals surface area contributed by atoms with E-state index in [-0.39, 0.29) is 5.56 Å². The van der Waals surface area contributed by atoms with Gasteiger partial charge in [0.2, 0.25) is 0 Å². The van der Waals surface area contributed by atoms with Gasteiger partial charge in [-0.15, -0.1) is 11.3 Å². The molecule has 0 saturated carbocycles. The minimum Gasteiger partial charge on any atom is -0.320 e. The van der Waals surface area contributed by atoms with E-state index in [2.05, 4.69) is 47.8 Å². The zero-order valence-electron chi connectivity index (χ0n) is 9.64. The summed E-state index contributed by atoms with van der Waals surface area (Å²) < 4.78 is 41.2. The molecule has 0 saturated heterocycles. The van der Waals surface area contributed by atoms with Gasteiger partial charge in [-0.3, -0.25) is 0 Å². The largest absolute Gasteiger partial charge is 0.416 e. The summed E-state index contributed by atoms with van der Waals surface area (Å²) in [5, 5.41) is 0. The zero-order valence-corrected chi connectivity index (χ0v) is 15.2. The number of halogens is 6. The van der Waals surface area contributed by atoms with Crippen LogP contribution < -0.4 is 5.73 Å². The van der Waals surface area contributed by atoms with E-state index < -0.39 is 17.8 Å². The number of alkyl halides is 3. The quantitative estimate of drug-likeness (QED) is 0.537. The average Bonchev–Trinajstić information content (AvgIpc) is 2.67. The Morgan fingerprint density at radius 3 is 2.25 bits per heavy atom. The predicted octanol–water partition coefficient (Wildman–Crippen LogP) is 6.10. The Bertz CT molecular complexity index is 620. The molecular formula is C12H7Br3F3NS. The molecule has 0 spiro atoms. The van der Waals surface area contributed by atoms with Gasteiger partial charge in [-0.05, 0) is 55.6 Å². The first kappa shape index (κ1) is 16.5. The maximum Gasteiger partial charge on any atom is 0.416 e. The third-order valence-corrected chi connectivity index (χ3v) is 6.46. The molecule has 1 aromatic carbocycles. The van der Waals surface area contributed by atoms with Crippen molar-refractivity contribution in [1.29, 1.82) is 0 Å². The summed E-state index contributed by atoms with van der Waals surface area (Å²) in [5.41, 5.74) is 5.33. The molecule has 0 amide bonds. The van der Waals surface area contributed by atoms with Crippen LogP contribution in [0, 0.1) is 0 Å². The smallest absolute Gasteiger partial charge is 0.320 e. The second-order valence-electron chi connectivity index (χ2n) is 3.98. The molecule has 0 radical (unpaired) electrons. The predicted molar refractivity (Wildman–Crippen MR) is 84.9 cm³/mol. The molecule has 20 heavy (non-hydrogen) atoms. The minimum absolute atomic E-state index is 0.0574. The van der Waals surface area contributed by atoms with E-state index in [0.29, 0.717) is 9.35 Å². The summed E-state index contributed by atoms with van der Waals surface area (Å²) in [6.45, 7) is 0. The minimum atomic E-state index is -4.44. The van der Waals surface area contributed by atoms with E-state index >= 15 is 0 Å². The van der Waals surface area contributed by atoms with Gasteiger partial charge >= 0.3 is 6.18 Å². The molecule has 108 valence electrons. The Morgan fingerprint density at radius 1 is 1.10 bits per heavy atom. The Morgan fingerprint density at radius 2 is 1.75 bits per heavy atom. The summed E-state index contributed by atoms with van der Waals surface area (Å²) in [6, 6.07) is 4.91. The Kier molecular flexibility index (Phi) is 5.01. The highest BCUT2D eigenvalue weighted by Gasteiger charge is 2.35. The highest BCUT2D eigenvalue weighted by Crippen LogP contribution is 2.41. The van der Waals surface area contributed by atoms with Crippen LogP contribution in [0.2, 0.25) is 0 Å². The number of nitrogens with two attached hydrogens (primary N) is 1. The number of hydrogen-bond donors (Lipinski definition) is 1. The van der Waals surface area contributed by atoms with Gasteiger partial charge in [-0.2, -0.15) is 13.2 Å². The van der Waals surface area contributed by atoms with E-state index in [1.165, 1.54) is 17.4 Å². The van der Waals surface area contributed by atoms with Gasteiger partial charge in [0.1, 0.15) is 0 Å². The molecule has 0 bridgehead atoms. The standard InChI is InChI=1S/C12H7Br3F3NS/c13-5-1-2-6(7(3-5)12(16,17)18)10(19)9-4-8(14)11(15)20-9/h1-4,10H,19H2. The monoisotopic (exact) mass is 491 g/mol. The maximum atomic E-state index is 13.1. The van der Waals surface area contributed by atoms with Crippen LogP contribution in [0.1, 0.15) is 22.0 Å². The molecule has 2 rings (SSSR count). The lowest BCUT2D eigenvalue weighted by molar-refractivity contribution is -0.138. The molecule has 1 nitrogen and oxygen atoms in total. The highest BCUT2D eigenvalue weighted by atomic mass is 79.9. The molecule has 0 aliphatic heterocycles. The van der Waals surface area contributed by atoms with Crippen LogP contribution in [0.15, 0.2) is 37.0 Å². The molecule has 1 heterocycles. The number of benzene rings is 1. The van der Waals surface area contributed by atoms with Crippen molar-refractivity contribution in [2.45, 2.75) is 12.2 Å². The maximum absolute atomic E-state index is 13.1. The van der Waals surface area contributed by atoms with E-state index in [1.807, 2.05) is 0 Å². The third-order valence-electron chi connectivity index (χ3n) is 2.63. The van der Waals surface area contributed by atoms with Crippen molar-refractivity contribution >= 4 is 59.1 Å². The second kappa shape index (κ2) is 6.08. The van der Waals surface area contributed by atoms with Crippen LogP contribution in [-0.2, 0) is 6.18 Å². The van der Waals surface area contributed by atoms with E-state index in [9.17, 15) is 13.2 Å². The van der Waals surface area contributed by atoms with Gasteiger partial charge in [0.05, 0.1) is 15.4 Å². The summed E-state index contributed by atoms with van der Waals surface area (Å²) in [4.78, 5) is 0.650. The fraction of sp³-hybridized carbons (Fsp3) is 0.167. The van der Waals surface area contributed by atoms with Crippen molar-refractivity contribution in [3.8, 4) is 0 Å². The molecule has 0 aliphatic rings. The second-order valence-corrected chi connectivity index (χ2v) is 8.15. The summed E-state index contributed by atoms with van der Waals surface area (Å²) in [7, 11) is 0. The van der Waals surface area contributed by atoms with Crippen molar-refractivity contribution in [3.05, 3.63) is 53.0 Å². The first-order valence-corrected chi connectivity index (χ1v) is 8.46. The lowest BCUT2D eigenvalue weighted by atomic mass is 9.99. The fourth-order valence-electron chi connectivity index (χ4n) is 1.72. The fourth-order valence-corrected chi connectivity index (χ4v) is 4.19. The molecule has 1 unspecified atom stereocenters. The van der Waals surface area contributed by atoms with E-state index in [1.54, 1.807) is 12.1 Å². The molecule has 1 aromatic heterocycles. The molecule has 0 aliphatic carbocycles. The SMILES string of the molecule is NC(c1cc(Br)c(Br)s1)c1ccc(Br)cc1C(F)(F)F. The first-order chi connectivity index (χ1) is 9.20. The summed E-state index contributed by atoms with van der Waals surface area (Å²) in [5.74, 6) is 0. The molecule has 0 fully saturated rings. The highest BCUT2D eigenvalue weighted by molar-refractivity contribution is 9.13. The molecule has 2 aromatic rings. The average molecular weight is 494 g/mol. The topological polar surface area (TPSA) is 26.0 Å². The molecule has 8 heteroatoms. The zero-order chi connectivity index (χ0) is 15.1. The summed E-state index contributed by atoms with van der Waals surface area (Å²) in [6.07, 6.45) is -4.44. The van der Waals surface area contributed by atoms with Gasteiger partial charge < -0.3 is 5.73 Å². The van der Waals surface area contributed by atoms with Crippen molar-refractivity contribution in [2.75, 3.05) is 0 Å². The van der Waals surface area contributed by atoms with Crippen LogP contribution in [0.25, 0.3) is 0 Å². The Hall–Kier alpha value is 0.110. The first-order valence-electron chi connectivity index (χ1n) is 5.27. The lowest BCUT2D eigenvalue weighted by Crippen LogP contribution is -2.17. The van der Waals surface area contributed by atoms with Crippen LogP contribution in [-0.4, -0.2) is 0 Å². The number of thiophene rings is 1.